The van der Waals surface area contributed by atoms with Crippen LogP contribution in [0.15, 0.2) is 0 Å². The summed E-state index contributed by atoms with van der Waals surface area (Å²) in [6.07, 6.45) is 1.58. The van der Waals surface area contributed by atoms with E-state index in [1.54, 1.807) is 0 Å². The highest BCUT2D eigenvalue weighted by atomic mass is 32.2. The molecule has 118 valence electrons. The quantitative estimate of drug-likeness (QED) is 0.371. The topological polar surface area (TPSA) is 133 Å². The number of hydrogen-bond acceptors (Lipinski definition) is 6. The lowest BCUT2D eigenvalue weighted by molar-refractivity contribution is 0.379. The van der Waals surface area contributed by atoms with Crippen molar-refractivity contribution in [3.63, 3.8) is 0 Å². The zero-order valence-electron chi connectivity index (χ0n) is 11.9. The molecule has 0 radical (unpaired) electrons. The summed E-state index contributed by atoms with van der Waals surface area (Å²) >= 11 is 0. The lowest BCUT2D eigenvalue weighted by Gasteiger charge is -2.23. The minimum absolute atomic E-state index is 0.0507. The fourth-order valence-corrected chi connectivity index (χ4v) is 3.88. The van der Waals surface area contributed by atoms with Gasteiger partial charge in [0.25, 0.3) is 10.2 Å². The zero-order chi connectivity index (χ0) is 15.3. The molecule has 0 unspecified atom stereocenters. The summed E-state index contributed by atoms with van der Waals surface area (Å²) in [6.45, 7) is 1.21. The Morgan fingerprint density at radius 2 is 2.05 bits per heavy atom. The van der Waals surface area contributed by atoms with Gasteiger partial charge in [0.2, 0.25) is 0 Å². The van der Waals surface area contributed by atoms with Gasteiger partial charge in [0.15, 0.2) is 0 Å². The van der Waals surface area contributed by atoms with Crippen molar-refractivity contribution in [1.29, 1.82) is 0 Å². The van der Waals surface area contributed by atoms with Crippen molar-refractivity contribution in [2.24, 2.45) is 17.4 Å². The molecule has 0 aliphatic carbocycles. The van der Waals surface area contributed by atoms with Crippen LogP contribution in [0.25, 0.3) is 0 Å². The first-order valence-corrected chi connectivity index (χ1v) is 8.22. The molecule has 0 saturated carbocycles. The smallest absolute Gasteiger partial charge is 0.427 e. The van der Waals surface area contributed by atoms with E-state index < -0.39 is 17.3 Å². The predicted octanol–water partition coefficient (Wildman–Crippen LogP) is -2.37. The first-order valence-electron chi connectivity index (χ1n) is 6.82. The summed E-state index contributed by atoms with van der Waals surface area (Å²) in [5.41, 5.74) is 11.4. The van der Waals surface area contributed by atoms with Gasteiger partial charge in [-0.05, 0) is 18.7 Å². The first-order chi connectivity index (χ1) is 9.28. The summed E-state index contributed by atoms with van der Waals surface area (Å²) in [5, 5.41) is 17.6. The second-order valence-corrected chi connectivity index (χ2v) is 7.31. The van der Waals surface area contributed by atoms with Crippen molar-refractivity contribution in [2.45, 2.75) is 25.2 Å². The Labute approximate surface area is 121 Å². The largest absolute Gasteiger partial charge is 0.451 e. The number of likely N-dealkylation sites (N-methyl/N-ethyl adjacent to an activating group) is 1. The van der Waals surface area contributed by atoms with Crippen LogP contribution in [0.1, 0.15) is 12.8 Å². The Bertz CT molecular complexity index is 395. The second-order valence-electron chi connectivity index (χ2n) is 5.27. The minimum atomic E-state index is -3.50. The molecule has 1 rings (SSSR count). The van der Waals surface area contributed by atoms with Gasteiger partial charge in [-0.1, -0.05) is 6.42 Å². The Morgan fingerprint density at radius 1 is 1.40 bits per heavy atom. The molecule has 0 aromatic heterocycles. The summed E-state index contributed by atoms with van der Waals surface area (Å²) < 4.78 is 27.1. The Morgan fingerprint density at radius 3 is 2.60 bits per heavy atom. The minimum Gasteiger partial charge on any atom is -0.427 e. The molecule has 1 fully saturated rings. The third-order valence-corrected chi connectivity index (χ3v) is 5.58. The van der Waals surface area contributed by atoms with Crippen molar-refractivity contribution in [3.05, 3.63) is 0 Å². The fraction of sp³-hybridized carbons (Fsp3) is 1.00. The molecule has 2 atom stereocenters. The lowest BCUT2D eigenvalue weighted by atomic mass is 9.82. The Hall–Kier alpha value is -0.225. The molecule has 1 saturated heterocycles. The number of rotatable bonds is 8. The molecule has 1 aliphatic rings. The highest BCUT2D eigenvalue weighted by Crippen LogP contribution is 2.24. The van der Waals surface area contributed by atoms with Crippen LogP contribution in [0.5, 0.6) is 0 Å². The normalized spacial score (nSPS) is 24.5. The molecule has 10 heteroatoms. The maximum atomic E-state index is 12.3. The number of nitrogens with two attached hydrogens (primary N) is 2. The fourth-order valence-electron chi connectivity index (χ4n) is 2.41. The Balaban J connectivity index is 2.55. The molecule has 8 nitrogen and oxygen atoms in total. The second kappa shape index (κ2) is 7.69. The van der Waals surface area contributed by atoms with E-state index in [-0.39, 0.29) is 31.4 Å². The van der Waals surface area contributed by atoms with Crippen molar-refractivity contribution >= 4 is 17.3 Å². The van der Waals surface area contributed by atoms with E-state index in [0.29, 0.717) is 25.9 Å². The van der Waals surface area contributed by atoms with Gasteiger partial charge in [0.05, 0.1) is 0 Å². The van der Waals surface area contributed by atoms with Crippen molar-refractivity contribution in [2.75, 3.05) is 33.2 Å². The highest BCUT2D eigenvalue weighted by Gasteiger charge is 2.38. The van der Waals surface area contributed by atoms with Crippen LogP contribution in [-0.2, 0) is 10.2 Å². The molecule has 0 bridgehead atoms. The van der Waals surface area contributed by atoms with Crippen LogP contribution in [-0.4, -0.2) is 73.5 Å². The van der Waals surface area contributed by atoms with Crippen molar-refractivity contribution in [1.82, 2.24) is 8.61 Å². The molecule has 20 heavy (non-hydrogen) atoms. The van der Waals surface area contributed by atoms with E-state index in [1.165, 1.54) is 15.7 Å². The van der Waals surface area contributed by atoms with Gasteiger partial charge in [0.1, 0.15) is 0 Å². The van der Waals surface area contributed by atoms with Gasteiger partial charge < -0.3 is 21.5 Å². The SMILES string of the molecule is CN(CCN)S(=O)(=O)N1C[C@H](CCCB(O)O)[C@@H](N)C1. The summed E-state index contributed by atoms with van der Waals surface area (Å²) in [7, 11) is -3.31. The molecule has 0 spiro atoms. The molecule has 0 aromatic carbocycles. The molecule has 6 N–H and O–H groups in total. The van der Waals surface area contributed by atoms with Gasteiger partial charge in [-0.2, -0.15) is 17.0 Å². The van der Waals surface area contributed by atoms with Gasteiger partial charge in [-0.3, -0.25) is 0 Å². The third kappa shape index (κ3) is 4.66. The average molecular weight is 308 g/mol. The van der Waals surface area contributed by atoms with Crippen LogP contribution < -0.4 is 11.5 Å². The van der Waals surface area contributed by atoms with E-state index in [1.807, 2.05) is 0 Å². The number of hydrogen-bond donors (Lipinski definition) is 4. The van der Waals surface area contributed by atoms with Gasteiger partial charge in [-0.25, -0.2) is 0 Å². The maximum absolute atomic E-state index is 12.3. The molecule has 0 amide bonds. The predicted molar refractivity (Wildman–Crippen MR) is 77.9 cm³/mol. The maximum Gasteiger partial charge on any atom is 0.451 e. The Kier molecular flexibility index (Phi) is 6.85. The van der Waals surface area contributed by atoms with Crippen LogP contribution in [0.4, 0.5) is 0 Å². The van der Waals surface area contributed by atoms with Crippen LogP contribution in [0.3, 0.4) is 0 Å². The summed E-state index contributed by atoms with van der Waals surface area (Å²) in [6, 6.07) is -0.216. The standard InChI is InChI=1S/C10H25BN4O4S/c1-14(6-5-12)20(18,19)15-7-9(10(13)8-15)3-2-4-11(16)17/h9-10,16-17H,2-8,12-13H2,1H3/t9-,10-/m0/s1. The zero-order valence-corrected chi connectivity index (χ0v) is 12.7. The summed E-state index contributed by atoms with van der Waals surface area (Å²) in [5.74, 6) is 0.0507. The van der Waals surface area contributed by atoms with Crippen LogP contribution in [0.2, 0.25) is 6.32 Å². The van der Waals surface area contributed by atoms with Crippen molar-refractivity contribution in [3.8, 4) is 0 Å². The van der Waals surface area contributed by atoms with Gasteiger partial charge in [-0.15, -0.1) is 0 Å². The van der Waals surface area contributed by atoms with E-state index in [4.69, 9.17) is 21.5 Å². The molecular weight excluding hydrogens is 283 g/mol. The summed E-state index contributed by atoms with van der Waals surface area (Å²) in [4.78, 5) is 0. The van der Waals surface area contributed by atoms with Gasteiger partial charge in [0, 0.05) is 39.3 Å². The van der Waals surface area contributed by atoms with Crippen LogP contribution in [0, 0.1) is 5.92 Å². The van der Waals surface area contributed by atoms with Gasteiger partial charge >= 0.3 is 7.12 Å². The lowest BCUT2D eigenvalue weighted by Crippen LogP contribution is -2.43. The molecule has 0 aromatic rings. The highest BCUT2D eigenvalue weighted by molar-refractivity contribution is 7.86. The van der Waals surface area contributed by atoms with Crippen molar-refractivity contribution < 1.29 is 18.5 Å². The van der Waals surface area contributed by atoms with E-state index >= 15 is 0 Å². The molecule has 1 aliphatic heterocycles. The first kappa shape index (κ1) is 17.8. The molecular formula is C10H25BN4O4S. The van der Waals surface area contributed by atoms with E-state index in [0.717, 1.165) is 0 Å². The molecule has 1 heterocycles. The number of nitrogens with zero attached hydrogens (tertiary/aromatic N) is 2. The van der Waals surface area contributed by atoms with E-state index in [9.17, 15) is 8.42 Å². The average Bonchev–Trinajstić information content (AvgIpc) is 2.71. The monoisotopic (exact) mass is 308 g/mol. The van der Waals surface area contributed by atoms with E-state index in [2.05, 4.69) is 0 Å². The van der Waals surface area contributed by atoms with Crippen LogP contribution >= 0.6 is 0 Å². The third-order valence-electron chi connectivity index (χ3n) is 3.66.